The average molecular weight is 238 g/mol. The van der Waals surface area contributed by atoms with Gasteiger partial charge in [-0.3, -0.25) is 0 Å². The lowest BCUT2D eigenvalue weighted by Crippen LogP contribution is -2.37. The number of aliphatic hydroxyl groups is 1. The SMILES string of the molecule is C=C(/C(=C\C)CNC(C)C)N1CCC(O)CC1. The van der Waals surface area contributed by atoms with E-state index in [-0.39, 0.29) is 6.10 Å². The third kappa shape index (κ3) is 4.52. The van der Waals surface area contributed by atoms with Gasteiger partial charge in [0.25, 0.3) is 0 Å². The molecule has 0 aromatic heterocycles. The van der Waals surface area contributed by atoms with Crippen LogP contribution in [0.25, 0.3) is 0 Å². The molecule has 0 aromatic rings. The van der Waals surface area contributed by atoms with Crippen LogP contribution in [0.15, 0.2) is 23.9 Å². The summed E-state index contributed by atoms with van der Waals surface area (Å²) in [5.41, 5.74) is 2.36. The fraction of sp³-hybridized carbons (Fsp3) is 0.714. The first kappa shape index (κ1) is 14.3. The van der Waals surface area contributed by atoms with Crippen molar-refractivity contribution in [1.29, 1.82) is 0 Å². The van der Waals surface area contributed by atoms with Crippen LogP contribution in [0.1, 0.15) is 33.6 Å². The van der Waals surface area contributed by atoms with Gasteiger partial charge in [-0.15, -0.1) is 0 Å². The summed E-state index contributed by atoms with van der Waals surface area (Å²) in [6.45, 7) is 13.2. The normalized spacial score (nSPS) is 18.9. The molecule has 0 saturated carbocycles. The monoisotopic (exact) mass is 238 g/mol. The predicted octanol–water partition coefficient (Wildman–Crippen LogP) is 1.90. The summed E-state index contributed by atoms with van der Waals surface area (Å²) in [6, 6.07) is 0.487. The van der Waals surface area contributed by atoms with E-state index in [2.05, 4.69) is 43.6 Å². The van der Waals surface area contributed by atoms with E-state index in [1.165, 1.54) is 5.57 Å². The van der Waals surface area contributed by atoms with Crippen molar-refractivity contribution in [3.8, 4) is 0 Å². The number of hydrogen-bond acceptors (Lipinski definition) is 3. The summed E-state index contributed by atoms with van der Waals surface area (Å²) < 4.78 is 0. The summed E-state index contributed by atoms with van der Waals surface area (Å²) in [7, 11) is 0. The van der Waals surface area contributed by atoms with E-state index >= 15 is 0 Å². The number of piperidine rings is 1. The molecule has 1 aliphatic rings. The fourth-order valence-electron chi connectivity index (χ4n) is 2.02. The van der Waals surface area contributed by atoms with Gasteiger partial charge in [0.1, 0.15) is 0 Å². The maximum atomic E-state index is 9.50. The van der Waals surface area contributed by atoms with Crippen LogP contribution in [0.5, 0.6) is 0 Å². The minimum Gasteiger partial charge on any atom is -0.393 e. The molecule has 1 heterocycles. The highest BCUT2D eigenvalue weighted by atomic mass is 16.3. The molecule has 98 valence electrons. The third-order valence-corrected chi connectivity index (χ3v) is 3.27. The molecule has 1 fully saturated rings. The lowest BCUT2D eigenvalue weighted by Gasteiger charge is -2.34. The van der Waals surface area contributed by atoms with Gasteiger partial charge in [-0.1, -0.05) is 26.5 Å². The van der Waals surface area contributed by atoms with Gasteiger partial charge in [-0.05, 0) is 25.3 Å². The number of hydrogen-bond donors (Lipinski definition) is 2. The number of likely N-dealkylation sites (tertiary alicyclic amines) is 1. The number of rotatable bonds is 5. The Morgan fingerprint density at radius 1 is 1.47 bits per heavy atom. The Kier molecular flexibility index (Phi) is 5.72. The van der Waals surface area contributed by atoms with Gasteiger partial charge in [-0.25, -0.2) is 0 Å². The van der Waals surface area contributed by atoms with Crippen molar-refractivity contribution in [2.45, 2.75) is 45.8 Å². The summed E-state index contributed by atoms with van der Waals surface area (Å²) in [5.74, 6) is 0. The number of aliphatic hydroxyl groups excluding tert-OH is 1. The van der Waals surface area contributed by atoms with E-state index in [9.17, 15) is 5.11 Å². The largest absolute Gasteiger partial charge is 0.393 e. The molecule has 0 radical (unpaired) electrons. The Morgan fingerprint density at radius 3 is 2.53 bits per heavy atom. The zero-order valence-electron chi connectivity index (χ0n) is 11.4. The molecule has 0 unspecified atom stereocenters. The molecular weight excluding hydrogens is 212 g/mol. The first-order chi connectivity index (χ1) is 8.04. The molecule has 1 aliphatic heterocycles. The van der Waals surface area contributed by atoms with Gasteiger partial charge in [0.15, 0.2) is 0 Å². The summed E-state index contributed by atoms with van der Waals surface area (Å²) in [4.78, 5) is 2.28. The van der Waals surface area contributed by atoms with Crippen LogP contribution in [-0.4, -0.2) is 41.8 Å². The highest BCUT2D eigenvalue weighted by molar-refractivity contribution is 5.28. The van der Waals surface area contributed by atoms with Crippen molar-refractivity contribution in [2.75, 3.05) is 19.6 Å². The molecule has 2 N–H and O–H groups in total. The average Bonchev–Trinajstić information content (AvgIpc) is 2.30. The summed E-state index contributed by atoms with van der Waals surface area (Å²) >= 11 is 0. The van der Waals surface area contributed by atoms with Crippen LogP contribution in [-0.2, 0) is 0 Å². The number of nitrogens with zero attached hydrogens (tertiary/aromatic N) is 1. The highest BCUT2D eigenvalue weighted by Crippen LogP contribution is 2.19. The quantitative estimate of drug-likeness (QED) is 0.718. The smallest absolute Gasteiger partial charge is 0.0574 e. The zero-order valence-corrected chi connectivity index (χ0v) is 11.4. The van der Waals surface area contributed by atoms with Crippen molar-refractivity contribution in [3.05, 3.63) is 23.9 Å². The maximum Gasteiger partial charge on any atom is 0.0574 e. The molecule has 1 saturated heterocycles. The Morgan fingerprint density at radius 2 is 2.06 bits per heavy atom. The molecule has 0 aromatic carbocycles. The van der Waals surface area contributed by atoms with E-state index in [0.717, 1.165) is 38.2 Å². The standard InChI is InChI=1S/C14H26N2O/c1-5-13(10-15-11(2)3)12(4)16-8-6-14(17)7-9-16/h5,11,14-15,17H,4,6-10H2,1-3H3/b13-5-. The van der Waals surface area contributed by atoms with E-state index in [0.29, 0.717) is 6.04 Å². The zero-order chi connectivity index (χ0) is 12.8. The van der Waals surface area contributed by atoms with Gasteiger partial charge in [0, 0.05) is 31.4 Å². The van der Waals surface area contributed by atoms with Crippen LogP contribution in [0.4, 0.5) is 0 Å². The summed E-state index contributed by atoms with van der Waals surface area (Å²) in [6.07, 6.45) is 3.71. The van der Waals surface area contributed by atoms with E-state index in [4.69, 9.17) is 0 Å². The topological polar surface area (TPSA) is 35.5 Å². The van der Waals surface area contributed by atoms with Crippen molar-refractivity contribution in [2.24, 2.45) is 0 Å². The van der Waals surface area contributed by atoms with Crippen LogP contribution in [0.3, 0.4) is 0 Å². The van der Waals surface area contributed by atoms with Gasteiger partial charge in [0.05, 0.1) is 6.10 Å². The molecule has 0 amide bonds. The first-order valence-electron chi connectivity index (χ1n) is 6.55. The molecular formula is C14H26N2O. The maximum absolute atomic E-state index is 9.50. The minimum absolute atomic E-state index is 0.123. The molecule has 0 aliphatic carbocycles. The minimum atomic E-state index is -0.123. The molecule has 0 spiro atoms. The molecule has 3 nitrogen and oxygen atoms in total. The highest BCUT2D eigenvalue weighted by Gasteiger charge is 2.19. The third-order valence-electron chi connectivity index (χ3n) is 3.27. The van der Waals surface area contributed by atoms with Gasteiger partial charge in [-0.2, -0.15) is 0 Å². The van der Waals surface area contributed by atoms with Crippen LogP contribution in [0, 0.1) is 0 Å². The Hall–Kier alpha value is -0.800. The van der Waals surface area contributed by atoms with Crippen LogP contribution in [0.2, 0.25) is 0 Å². The molecule has 1 rings (SSSR count). The molecule has 17 heavy (non-hydrogen) atoms. The Balaban J connectivity index is 2.49. The van der Waals surface area contributed by atoms with Crippen molar-refractivity contribution >= 4 is 0 Å². The van der Waals surface area contributed by atoms with E-state index in [1.54, 1.807) is 0 Å². The van der Waals surface area contributed by atoms with Gasteiger partial charge in [0.2, 0.25) is 0 Å². The number of nitrogens with one attached hydrogen (secondary N) is 1. The molecule has 0 bridgehead atoms. The van der Waals surface area contributed by atoms with Crippen molar-refractivity contribution in [1.82, 2.24) is 10.2 Å². The second kappa shape index (κ2) is 6.82. The summed E-state index contributed by atoms with van der Waals surface area (Å²) in [5, 5.41) is 12.9. The fourth-order valence-corrected chi connectivity index (χ4v) is 2.02. The first-order valence-corrected chi connectivity index (χ1v) is 6.55. The van der Waals surface area contributed by atoms with E-state index < -0.39 is 0 Å². The van der Waals surface area contributed by atoms with Crippen LogP contribution < -0.4 is 5.32 Å². The van der Waals surface area contributed by atoms with Crippen LogP contribution >= 0.6 is 0 Å². The predicted molar refractivity (Wildman–Crippen MR) is 72.8 cm³/mol. The lowest BCUT2D eigenvalue weighted by molar-refractivity contribution is 0.0981. The van der Waals surface area contributed by atoms with E-state index in [1.807, 2.05) is 0 Å². The lowest BCUT2D eigenvalue weighted by atomic mass is 10.0. The Bertz CT molecular complexity index is 276. The van der Waals surface area contributed by atoms with Crippen molar-refractivity contribution < 1.29 is 5.11 Å². The second-order valence-electron chi connectivity index (χ2n) is 5.01. The van der Waals surface area contributed by atoms with Gasteiger partial charge >= 0.3 is 0 Å². The Labute approximate surface area is 105 Å². The van der Waals surface area contributed by atoms with Gasteiger partial charge < -0.3 is 15.3 Å². The second-order valence-corrected chi connectivity index (χ2v) is 5.01. The van der Waals surface area contributed by atoms with Crippen molar-refractivity contribution in [3.63, 3.8) is 0 Å². The number of allylic oxidation sites excluding steroid dienone is 1. The molecule has 3 heteroatoms. The molecule has 0 atom stereocenters.